The topological polar surface area (TPSA) is 111 Å². The maximum atomic E-state index is 13.3. The van der Waals surface area contributed by atoms with Crippen molar-refractivity contribution in [3.63, 3.8) is 0 Å². The number of carbonyl (C=O) groups excluding carboxylic acids is 4. The van der Waals surface area contributed by atoms with E-state index in [4.69, 9.17) is 14.2 Å². The van der Waals surface area contributed by atoms with Gasteiger partial charge >= 0.3 is 12.0 Å². The molecule has 3 aromatic rings. The fourth-order valence-corrected chi connectivity index (χ4v) is 4.40. The second-order valence-corrected chi connectivity index (χ2v) is 9.12. The van der Waals surface area contributed by atoms with E-state index in [-0.39, 0.29) is 23.4 Å². The lowest BCUT2D eigenvalue weighted by Crippen LogP contribution is -2.54. The van der Waals surface area contributed by atoms with Crippen LogP contribution >= 0.6 is 15.9 Å². The van der Waals surface area contributed by atoms with Gasteiger partial charge in [-0.25, -0.2) is 14.5 Å². The summed E-state index contributed by atoms with van der Waals surface area (Å²) in [7, 11) is 0. The van der Waals surface area contributed by atoms with Crippen LogP contribution in [0.2, 0.25) is 0 Å². The van der Waals surface area contributed by atoms with Gasteiger partial charge in [0.25, 0.3) is 11.8 Å². The molecule has 1 saturated heterocycles. The van der Waals surface area contributed by atoms with E-state index in [2.05, 4.69) is 21.2 Å². The summed E-state index contributed by atoms with van der Waals surface area (Å²) < 4.78 is 17.3. The Labute approximate surface area is 233 Å². The van der Waals surface area contributed by atoms with Gasteiger partial charge in [-0.1, -0.05) is 30.3 Å². The van der Waals surface area contributed by atoms with Crippen LogP contribution in [0.5, 0.6) is 11.5 Å². The summed E-state index contributed by atoms with van der Waals surface area (Å²) >= 11 is 3.50. The van der Waals surface area contributed by atoms with Crippen molar-refractivity contribution in [2.75, 3.05) is 18.1 Å². The van der Waals surface area contributed by atoms with Gasteiger partial charge in [-0.05, 0) is 83.4 Å². The summed E-state index contributed by atoms with van der Waals surface area (Å²) in [6.07, 6.45) is 1.37. The highest BCUT2D eigenvalue weighted by Gasteiger charge is 2.37. The second-order valence-electron chi connectivity index (χ2n) is 8.26. The number of barbiturate groups is 1. The average molecular weight is 593 g/mol. The fraction of sp³-hybridized carbons (Fsp3) is 0.172. The summed E-state index contributed by atoms with van der Waals surface area (Å²) in [5, 5.41) is 2.19. The minimum absolute atomic E-state index is 0.185. The highest BCUT2D eigenvalue weighted by Crippen LogP contribution is 2.38. The summed E-state index contributed by atoms with van der Waals surface area (Å²) in [5.41, 5.74) is 1.65. The van der Waals surface area contributed by atoms with E-state index in [1.54, 1.807) is 19.1 Å². The SMILES string of the molecule is CCOC(=O)c1ccc(N2C(=O)NC(=O)/C(=C\c3cc(Br)c(OCc4ccccc4)c(OCC)c3)C2=O)cc1. The zero-order valence-corrected chi connectivity index (χ0v) is 22.8. The third-order valence-corrected chi connectivity index (χ3v) is 6.20. The molecule has 1 heterocycles. The zero-order valence-electron chi connectivity index (χ0n) is 21.2. The Bertz CT molecular complexity index is 1440. The normalized spacial score (nSPS) is 14.3. The molecule has 0 aromatic heterocycles. The predicted octanol–water partition coefficient (Wildman–Crippen LogP) is 5.27. The van der Waals surface area contributed by atoms with Crippen molar-refractivity contribution in [2.45, 2.75) is 20.5 Å². The van der Waals surface area contributed by atoms with Gasteiger partial charge in [0.1, 0.15) is 12.2 Å². The van der Waals surface area contributed by atoms with Crippen molar-refractivity contribution in [3.05, 3.63) is 93.5 Å². The van der Waals surface area contributed by atoms with E-state index >= 15 is 0 Å². The largest absolute Gasteiger partial charge is 0.490 e. The quantitative estimate of drug-likeness (QED) is 0.205. The smallest absolute Gasteiger partial charge is 0.338 e. The Hall–Kier alpha value is -4.44. The van der Waals surface area contributed by atoms with E-state index in [1.807, 2.05) is 37.3 Å². The van der Waals surface area contributed by atoms with E-state index in [1.165, 1.54) is 30.3 Å². The summed E-state index contributed by atoms with van der Waals surface area (Å²) in [4.78, 5) is 51.3. The molecular weight excluding hydrogens is 568 g/mol. The second kappa shape index (κ2) is 12.4. The molecule has 1 aliphatic rings. The van der Waals surface area contributed by atoms with E-state index in [0.717, 1.165) is 10.5 Å². The summed E-state index contributed by atoms with van der Waals surface area (Å²) in [5.74, 6) is -1.28. The maximum Gasteiger partial charge on any atom is 0.338 e. The van der Waals surface area contributed by atoms with Crippen molar-refractivity contribution in [2.24, 2.45) is 0 Å². The molecule has 1 aliphatic heterocycles. The van der Waals surface area contributed by atoms with Gasteiger partial charge in [0.15, 0.2) is 11.5 Å². The minimum Gasteiger partial charge on any atom is -0.490 e. The van der Waals surface area contributed by atoms with Crippen molar-refractivity contribution in [1.82, 2.24) is 5.32 Å². The zero-order chi connectivity index (χ0) is 27.9. The molecule has 4 amide bonds. The molecule has 39 heavy (non-hydrogen) atoms. The van der Waals surface area contributed by atoms with Crippen LogP contribution in [-0.2, 0) is 20.9 Å². The molecule has 0 unspecified atom stereocenters. The maximum absolute atomic E-state index is 13.3. The summed E-state index contributed by atoms with van der Waals surface area (Å²) in [6.45, 7) is 4.40. The Morgan fingerprint density at radius 1 is 0.949 bits per heavy atom. The van der Waals surface area contributed by atoms with Gasteiger partial charge in [0.05, 0.1) is 28.9 Å². The molecule has 4 rings (SSSR count). The van der Waals surface area contributed by atoms with E-state index < -0.39 is 23.8 Å². The molecule has 0 spiro atoms. The highest BCUT2D eigenvalue weighted by atomic mass is 79.9. The molecule has 1 N–H and O–H groups in total. The third-order valence-electron chi connectivity index (χ3n) is 5.61. The van der Waals surface area contributed by atoms with Gasteiger partial charge in [-0.2, -0.15) is 0 Å². The molecule has 1 fully saturated rings. The van der Waals surface area contributed by atoms with Gasteiger partial charge in [-0.15, -0.1) is 0 Å². The number of amides is 4. The number of nitrogens with zero attached hydrogens (tertiary/aromatic N) is 1. The number of nitrogens with one attached hydrogen (secondary N) is 1. The number of hydrogen-bond acceptors (Lipinski definition) is 7. The third kappa shape index (κ3) is 6.35. The van der Waals surface area contributed by atoms with Crippen LogP contribution < -0.4 is 19.7 Å². The molecule has 0 bridgehead atoms. The van der Waals surface area contributed by atoms with Crippen molar-refractivity contribution < 1.29 is 33.4 Å². The molecule has 0 atom stereocenters. The van der Waals surface area contributed by atoms with Crippen LogP contribution in [0.25, 0.3) is 6.08 Å². The highest BCUT2D eigenvalue weighted by molar-refractivity contribution is 9.10. The van der Waals surface area contributed by atoms with Crippen LogP contribution in [0.15, 0.2) is 76.8 Å². The molecule has 10 heteroatoms. The van der Waals surface area contributed by atoms with E-state index in [9.17, 15) is 19.2 Å². The lowest BCUT2D eigenvalue weighted by Gasteiger charge is -2.26. The van der Waals surface area contributed by atoms with E-state index in [0.29, 0.717) is 34.7 Å². The van der Waals surface area contributed by atoms with Crippen LogP contribution in [0.3, 0.4) is 0 Å². The predicted molar refractivity (Wildman–Crippen MR) is 147 cm³/mol. The number of urea groups is 1. The number of halogens is 1. The number of anilines is 1. The van der Waals surface area contributed by atoms with Gasteiger partial charge in [0, 0.05) is 0 Å². The summed E-state index contributed by atoms with van der Waals surface area (Å²) in [6, 6.07) is 17.8. The van der Waals surface area contributed by atoms with Crippen LogP contribution in [-0.4, -0.2) is 37.0 Å². The number of rotatable bonds is 9. The van der Waals surface area contributed by atoms with Crippen LogP contribution in [0, 0.1) is 0 Å². The molecule has 200 valence electrons. The van der Waals surface area contributed by atoms with Gasteiger partial charge in [-0.3, -0.25) is 14.9 Å². The lowest BCUT2D eigenvalue weighted by atomic mass is 10.1. The Morgan fingerprint density at radius 2 is 1.67 bits per heavy atom. The first kappa shape index (κ1) is 27.6. The standard InChI is InChI=1S/C29H25BrN2O7/c1-3-37-24-16-19(15-23(30)25(24)39-17-18-8-6-5-7-9-18)14-22-26(33)31-29(36)32(27(22)34)21-12-10-20(11-13-21)28(35)38-4-2/h5-16H,3-4,17H2,1-2H3,(H,31,33,36)/b22-14+. The van der Waals surface area contributed by atoms with Crippen LogP contribution in [0.4, 0.5) is 10.5 Å². The molecule has 0 saturated carbocycles. The van der Waals surface area contributed by atoms with Crippen molar-refractivity contribution in [3.8, 4) is 11.5 Å². The first-order valence-electron chi connectivity index (χ1n) is 12.1. The van der Waals surface area contributed by atoms with Gasteiger partial charge in [0.2, 0.25) is 0 Å². The van der Waals surface area contributed by atoms with Crippen molar-refractivity contribution >= 4 is 51.5 Å². The van der Waals surface area contributed by atoms with Crippen LogP contribution in [0.1, 0.15) is 35.3 Å². The number of ether oxygens (including phenoxy) is 3. The number of hydrogen-bond donors (Lipinski definition) is 1. The first-order valence-corrected chi connectivity index (χ1v) is 12.9. The molecule has 0 radical (unpaired) electrons. The van der Waals surface area contributed by atoms with Gasteiger partial charge < -0.3 is 14.2 Å². The molecule has 3 aromatic carbocycles. The minimum atomic E-state index is -0.896. The number of benzene rings is 3. The Balaban J connectivity index is 1.63. The average Bonchev–Trinajstić information content (AvgIpc) is 2.92. The molecule has 9 nitrogen and oxygen atoms in total. The molecular formula is C29H25BrN2O7. The first-order chi connectivity index (χ1) is 18.8. The number of carbonyl (C=O) groups is 4. The fourth-order valence-electron chi connectivity index (χ4n) is 3.82. The Morgan fingerprint density at radius 3 is 2.33 bits per heavy atom. The lowest BCUT2D eigenvalue weighted by molar-refractivity contribution is -0.122. The number of imide groups is 2. The molecule has 0 aliphatic carbocycles. The number of esters is 1. The monoisotopic (exact) mass is 592 g/mol. The Kier molecular flexibility index (Phi) is 8.77. The van der Waals surface area contributed by atoms with Crippen molar-refractivity contribution in [1.29, 1.82) is 0 Å².